The number of aromatic nitrogens is 6. The molecule has 3 aromatic heterocycles. The fraction of sp³-hybridized carbons (Fsp3) is 0.400. The molecule has 0 aromatic carbocycles. The van der Waals surface area contributed by atoms with Crippen LogP contribution in [0.4, 0.5) is 0 Å². The SMILES string of the molecule is Cc1cc(C)n([B-](n2nc(C)cc2C)n2nc(C)cc2C)n1.[I][Mo][I].[N-]=O. The molecule has 0 saturated heterocycles. The van der Waals surface area contributed by atoms with E-state index in [0.29, 0.717) is 11.2 Å². The Kier molecular flexibility index (Phi) is 10.4. The van der Waals surface area contributed by atoms with E-state index in [1.807, 2.05) is 34.5 Å². The van der Waals surface area contributed by atoms with Crippen molar-refractivity contribution in [2.45, 2.75) is 41.5 Å². The summed E-state index contributed by atoms with van der Waals surface area (Å²) < 4.78 is 5.94. The molecule has 12 heteroatoms. The Hall–Kier alpha value is -0.557. The Bertz CT molecular complexity index is 770. The third-order valence-electron chi connectivity index (χ3n) is 3.79. The standard InChI is InChI=1S/C15H21BN6.2HI.Mo.NO/c1-10-7-13(4)20(17-10)16(21-14(5)8-11(2)18-21)22-15(6)9-12(3)19-22;;;;1-2/h7-9H,1-6H3;2*1H;;/q-1;;;+2;-1/p-2. The molecule has 0 N–H and O–H groups in total. The summed E-state index contributed by atoms with van der Waals surface area (Å²) in [7, 11) is -0.226. The van der Waals surface area contributed by atoms with Crippen LogP contribution in [0.5, 0.6) is 0 Å². The van der Waals surface area contributed by atoms with Crippen LogP contribution >= 0.6 is 38.7 Å². The number of hydrogen-bond donors (Lipinski definition) is 0. The van der Waals surface area contributed by atoms with Crippen molar-refractivity contribution in [3.63, 3.8) is 0 Å². The first kappa shape index (κ1) is 24.5. The number of rotatable bonds is 3. The van der Waals surface area contributed by atoms with Crippen molar-refractivity contribution in [3.8, 4) is 0 Å². The van der Waals surface area contributed by atoms with E-state index in [9.17, 15) is 0 Å². The Morgan fingerprint density at radius 3 is 1.11 bits per heavy atom. The smallest absolute Gasteiger partial charge is 0.423 e. The first-order chi connectivity index (χ1) is 12.8. The van der Waals surface area contributed by atoms with Crippen molar-refractivity contribution in [3.05, 3.63) is 62.9 Å². The molecule has 0 atom stereocenters. The van der Waals surface area contributed by atoms with Crippen LogP contribution in [0.1, 0.15) is 34.2 Å². The van der Waals surface area contributed by atoms with Crippen molar-refractivity contribution < 1.29 is 11.2 Å². The van der Waals surface area contributed by atoms with Crippen molar-refractivity contribution in [2.24, 2.45) is 0 Å². The molecule has 0 saturated carbocycles. The summed E-state index contributed by atoms with van der Waals surface area (Å²) in [5.41, 5.74) is 12.0. The predicted octanol–water partition coefficient (Wildman–Crippen LogP) is 4.15. The minimum atomic E-state index is -0.226. The van der Waals surface area contributed by atoms with Crippen LogP contribution in [0.15, 0.2) is 18.2 Å². The van der Waals surface area contributed by atoms with Crippen molar-refractivity contribution in [1.29, 1.82) is 0 Å². The van der Waals surface area contributed by atoms with Gasteiger partial charge < -0.3 is 24.3 Å². The van der Waals surface area contributed by atoms with Crippen LogP contribution < -0.4 is 0 Å². The Balaban J connectivity index is 0.000000665. The molecule has 0 spiro atoms. The van der Waals surface area contributed by atoms with Gasteiger partial charge >= 0.3 is 49.9 Å². The zero-order valence-corrected chi connectivity index (χ0v) is 22.3. The van der Waals surface area contributed by atoms with E-state index in [1.165, 1.54) is 0 Å². The van der Waals surface area contributed by atoms with Crippen LogP contribution in [0.2, 0.25) is 0 Å². The van der Waals surface area contributed by atoms with E-state index in [1.54, 1.807) is 0 Å². The van der Waals surface area contributed by atoms with Gasteiger partial charge in [-0.25, -0.2) is 15.3 Å². The van der Waals surface area contributed by atoms with Gasteiger partial charge in [0.25, 0.3) is 7.12 Å². The molecule has 0 amide bonds. The Morgan fingerprint density at radius 2 is 0.963 bits per heavy atom. The van der Waals surface area contributed by atoms with Gasteiger partial charge in [-0.05, 0) is 76.8 Å². The molecule has 0 bridgehead atoms. The molecule has 0 aliphatic rings. The summed E-state index contributed by atoms with van der Waals surface area (Å²) >= 11 is 5.22. The molecule has 147 valence electrons. The van der Waals surface area contributed by atoms with Gasteiger partial charge in [0.2, 0.25) is 0 Å². The average Bonchev–Trinajstić information content (AvgIpc) is 3.21. The van der Waals surface area contributed by atoms with Gasteiger partial charge in [-0.2, -0.15) is 0 Å². The van der Waals surface area contributed by atoms with Gasteiger partial charge in [-0.3, -0.25) is 0 Å². The van der Waals surface area contributed by atoms with Crippen molar-refractivity contribution in [1.82, 2.24) is 29.1 Å². The van der Waals surface area contributed by atoms with Crippen LogP contribution in [-0.2, 0) is 11.2 Å². The molecular weight excluding hydrogens is 655 g/mol. The molecule has 3 heterocycles. The molecule has 1 radical (unpaired) electrons. The second kappa shape index (κ2) is 11.4. The molecule has 0 fully saturated rings. The van der Waals surface area contributed by atoms with E-state index in [0.717, 1.165) is 34.2 Å². The summed E-state index contributed by atoms with van der Waals surface area (Å²) in [6.45, 7) is 12.2. The minimum absolute atomic E-state index is 0.226. The third-order valence-corrected chi connectivity index (χ3v) is 3.79. The molecule has 3 rings (SSSR count). The van der Waals surface area contributed by atoms with Crippen molar-refractivity contribution >= 4 is 45.8 Å². The topological polar surface area (TPSA) is 92.8 Å². The van der Waals surface area contributed by atoms with Gasteiger partial charge in [0.05, 0.1) is 17.1 Å². The van der Waals surface area contributed by atoms with Crippen LogP contribution in [0.3, 0.4) is 0 Å². The molecule has 3 aromatic rings. The van der Waals surface area contributed by atoms with Gasteiger partial charge in [-0.1, -0.05) is 0 Å². The minimum Gasteiger partial charge on any atom is -0.577 e. The van der Waals surface area contributed by atoms with Crippen molar-refractivity contribution in [2.75, 3.05) is 0 Å². The molecule has 0 aliphatic heterocycles. The van der Waals surface area contributed by atoms with Crippen LogP contribution in [0, 0.1) is 46.4 Å². The Labute approximate surface area is 189 Å². The van der Waals surface area contributed by atoms with Crippen LogP contribution in [-0.4, -0.2) is 36.2 Å². The maximum Gasteiger partial charge on any atom is -0.423 e. The number of nitrogens with zero attached hydrogens (tertiary/aromatic N) is 7. The van der Waals surface area contributed by atoms with E-state index in [-0.39, 0.29) is 7.12 Å². The van der Waals surface area contributed by atoms with Crippen LogP contribution in [0.25, 0.3) is 5.59 Å². The summed E-state index contributed by atoms with van der Waals surface area (Å²) in [4.78, 5) is 7.25. The van der Waals surface area contributed by atoms with E-state index in [2.05, 4.69) is 93.0 Å². The van der Waals surface area contributed by atoms with E-state index >= 15 is 0 Å². The largest absolute Gasteiger partial charge is 0.577 e. The fourth-order valence-electron chi connectivity index (χ4n) is 2.95. The second-order valence-electron chi connectivity index (χ2n) is 6.02. The normalized spacial score (nSPS) is 10.3. The monoisotopic (exact) mass is 678 g/mol. The van der Waals surface area contributed by atoms with E-state index < -0.39 is 0 Å². The maximum atomic E-state index is 7.25. The van der Waals surface area contributed by atoms with Gasteiger partial charge in [0.1, 0.15) is 0 Å². The average molecular weight is 676 g/mol. The Morgan fingerprint density at radius 1 is 0.741 bits per heavy atom. The second-order valence-corrected chi connectivity index (χ2v) is 21.5. The first-order valence-electron chi connectivity index (χ1n) is 7.94. The molecule has 8 nitrogen and oxygen atoms in total. The first-order valence-corrected chi connectivity index (χ1v) is 19.9. The summed E-state index contributed by atoms with van der Waals surface area (Å²) in [5, 5.41) is 14.0. The summed E-state index contributed by atoms with van der Waals surface area (Å²) in [6.07, 6.45) is 0. The molecular formula is C15H21BI2MoN7O-2. The van der Waals surface area contributed by atoms with E-state index in [4.69, 9.17) is 10.5 Å². The van der Waals surface area contributed by atoms with Gasteiger partial charge in [0.15, 0.2) is 0 Å². The fourth-order valence-corrected chi connectivity index (χ4v) is 2.95. The third kappa shape index (κ3) is 6.21. The zero-order valence-electron chi connectivity index (χ0n) is 16.0. The molecule has 0 unspecified atom stereocenters. The number of hydrogen-bond acceptors (Lipinski definition) is 4. The summed E-state index contributed by atoms with van der Waals surface area (Å²) in [6, 6.07) is 6.22. The quantitative estimate of drug-likeness (QED) is 0.308. The van der Waals surface area contributed by atoms with Gasteiger partial charge in [0, 0.05) is 0 Å². The zero-order chi connectivity index (χ0) is 20.7. The predicted molar refractivity (Wildman–Crippen MR) is 122 cm³/mol. The number of nitroso groups, excluding NO2 is 1. The molecule has 0 aliphatic carbocycles. The number of aryl methyl sites for hydroxylation is 6. The van der Waals surface area contributed by atoms with Gasteiger partial charge in [-0.15, -0.1) is 0 Å². The summed E-state index contributed by atoms with van der Waals surface area (Å²) in [5.74, 6) is 0. The maximum absolute atomic E-state index is 7.25. The number of halogens is 2. The molecule has 27 heavy (non-hydrogen) atoms.